The van der Waals surface area contributed by atoms with E-state index in [1.165, 1.54) is 0 Å². The largest absolute Gasteiger partial charge is 0.377 e. The van der Waals surface area contributed by atoms with Gasteiger partial charge in [-0.25, -0.2) is 0 Å². The van der Waals surface area contributed by atoms with Crippen molar-refractivity contribution in [2.75, 3.05) is 32.8 Å². The lowest BCUT2D eigenvalue weighted by Crippen LogP contribution is -2.53. The monoisotopic (exact) mass is 271 g/mol. The number of hydrogen-bond acceptors (Lipinski definition) is 4. The molecule has 1 saturated heterocycles. The number of carbonyl (C=O) groups excluding carboxylic acids is 1. The first-order chi connectivity index (χ1) is 8.98. The van der Waals surface area contributed by atoms with Gasteiger partial charge in [0.25, 0.3) is 0 Å². The fraction of sp³-hybridized carbons (Fsp3) is 0.929. The lowest BCUT2D eigenvalue weighted by molar-refractivity contribution is -0.124. The van der Waals surface area contributed by atoms with Gasteiger partial charge < -0.3 is 20.7 Å². The standard InChI is InChI=1S/C14H29N3O2/c1-4-16-14(3,13(15)18)7-5-8-17-9-6-10-19-12(2)11-17/h12,16H,4-11H2,1-3H3,(H2,15,18). The van der Waals surface area contributed by atoms with E-state index in [2.05, 4.69) is 17.1 Å². The third-order valence-corrected chi connectivity index (χ3v) is 3.80. The molecule has 5 heteroatoms. The van der Waals surface area contributed by atoms with Crippen LogP contribution in [-0.4, -0.2) is 55.2 Å². The van der Waals surface area contributed by atoms with Crippen LogP contribution in [0.25, 0.3) is 0 Å². The molecule has 0 saturated carbocycles. The number of nitrogens with two attached hydrogens (primary N) is 1. The van der Waals surface area contributed by atoms with E-state index in [0.29, 0.717) is 6.10 Å². The zero-order valence-corrected chi connectivity index (χ0v) is 12.6. The summed E-state index contributed by atoms with van der Waals surface area (Å²) in [6.07, 6.45) is 3.14. The third kappa shape index (κ3) is 5.47. The normalized spacial score (nSPS) is 24.7. The highest BCUT2D eigenvalue weighted by atomic mass is 16.5. The topological polar surface area (TPSA) is 67.6 Å². The van der Waals surface area contributed by atoms with Gasteiger partial charge in [0.15, 0.2) is 0 Å². The van der Waals surface area contributed by atoms with E-state index in [1.807, 2.05) is 13.8 Å². The minimum Gasteiger partial charge on any atom is -0.377 e. The van der Waals surface area contributed by atoms with Gasteiger partial charge in [-0.15, -0.1) is 0 Å². The van der Waals surface area contributed by atoms with E-state index in [9.17, 15) is 4.79 Å². The molecule has 1 aliphatic heterocycles. The molecule has 1 amide bonds. The molecule has 5 nitrogen and oxygen atoms in total. The molecular formula is C14H29N3O2. The number of nitrogens with one attached hydrogen (secondary N) is 1. The van der Waals surface area contributed by atoms with Crippen LogP contribution in [-0.2, 0) is 9.53 Å². The SMILES string of the molecule is CCNC(C)(CCCN1CCCOC(C)C1)C(N)=O. The molecule has 0 aromatic carbocycles. The van der Waals surface area contributed by atoms with Crippen molar-refractivity contribution in [3.63, 3.8) is 0 Å². The average molecular weight is 271 g/mol. The number of amides is 1. The Morgan fingerprint density at radius 1 is 1.58 bits per heavy atom. The highest BCUT2D eigenvalue weighted by molar-refractivity contribution is 5.84. The van der Waals surface area contributed by atoms with Crippen molar-refractivity contribution in [3.05, 3.63) is 0 Å². The Morgan fingerprint density at radius 2 is 2.32 bits per heavy atom. The molecule has 2 atom stereocenters. The molecule has 0 radical (unpaired) electrons. The van der Waals surface area contributed by atoms with Crippen molar-refractivity contribution in [2.24, 2.45) is 5.73 Å². The molecule has 0 aromatic heterocycles. The van der Waals surface area contributed by atoms with Crippen LogP contribution in [0, 0.1) is 0 Å². The number of ether oxygens (including phenoxy) is 1. The first-order valence-corrected chi connectivity index (χ1v) is 7.37. The number of hydrogen-bond donors (Lipinski definition) is 2. The summed E-state index contributed by atoms with van der Waals surface area (Å²) < 4.78 is 5.63. The predicted molar refractivity (Wildman–Crippen MR) is 77.0 cm³/mol. The van der Waals surface area contributed by atoms with E-state index in [-0.39, 0.29) is 5.91 Å². The molecule has 19 heavy (non-hydrogen) atoms. The minimum absolute atomic E-state index is 0.262. The predicted octanol–water partition coefficient (Wildman–Crippen LogP) is 0.731. The fourth-order valence-electron chi connectivity index (χ4n) is 2.63. The van der Waals surface area contributed by atoms with E-state index < -0.39 is 5.54 Å². The number of primary amides is 1. The smallest absolute Gasteiger partial charge is 0.237 e. The van der Waals surface area contributed by atoms with Gasteiger partial charge >= 0.3 is 0 Å². The van der Waals surface area contributed by atoms with Crippen molar-refractivity contribution < 1.29 is 9.53 Å². The Hall–Kier alpha value is -0.650. The molecule has 1 aliphatic rings. The van der Waals surface area contributed by atoms with Gasteiger partial charge in [0.05, 0.1) is 11.6 Å². The van der Waals surface area contributed by atoms with E-state index in [0.717, 1.165) is 52.0 Å². The molecule has 0 aliphatic carbocycles. The van der Waals surface area contributed by atoms with E-state index >= 15 is 0 Å². The number of nitrogens with zero attached hydrogens (tertiary/aromatic N) is 1. The second-order valence-corrected chi connectivity index (χ2v) is 5.67. The Labute approximate surface area is 116 Å². The van der Waals surface area contributed by atoms with E-state index in [4.69, 9.17) is 10.5 Å². The van der Waals surface area contributed by atoms with Gasteiger partial charge in [-0.1, -0.05) is 6.92 Å². The minimum atomic E-state index is -0.581. The van der Waals surface area contributed by atoms with Crippen LogP contribution in [0.3, 0.4) is 0 Å². The van der Waals surface area contributed by atoms with Crippen LogP contribution in [0.2, 0.25) is 0 Å². The lowest BCUT2D eigenvalue weighted by Gasteiger charge is -2.28. The van der Waals surface area contributed by atoms with Crippen molar-refractivity contribution in [2.45, 2.75) is 51.7 Å². The second kappa shape index (κ2) is 7.82. The molecule has 112 valence electrons. The molecule has 0 aromatic rings. The molecular weight excluding hydrogens is 242 g/mol. The number of rotatable bonds is 7. The first kappa shape index (κ1) is 16.4. The molecule has 0 bridgehead atoms. The van der Waals surface area contributed by atoms with Crippen LogP contribution in [0.4, 0.5) is 0 Å². The van der Waals surface area contributed by atoms with Gasteiger partial charge in [0, 0.05) is 19.7 Å². The summed E-state index contributed by atoms with van der Waals surface area (Å²) in [5.41, 5.74) is 4.91. The van der Waals surface area contributed by atoms with Crippen LogP contribution < -0.4 is 11.1 Å². The Kier molecular flexibility index (Phi) is 6.75. The number of carbonyl (C=O) groups is 1. The Balaban J connectivity index is 2.36. The molecule has 3 N–H and O–H groups in total. The fourth-order valence-corrected chi connectivity index (χ4v) is 2.63. The van der Waals surface area contributed by atoms with Gasteiger partial charge in [0.2, 0.25) is 5.91 Å². The van der Waals surface area contributed by atoms with Gasteiger partial charge in [-0.05, 0) is 46.2 Å². The summed E-state index contributed by atoms with van der Waals surface area (Å²) in [6, 6.07) is 0. The van der Waals surface area contributed by atoms with Gasteiger partial charge in [-0.3, -0.25) is 4.79 Å². The highest BCUT2D eigenvalue weighted by Gasteiger charge is 2.29. The summed E-state index contributed by atoms with van der Waals surface area (Å²) in [5.74, 6) is -0.262. The summed E-state index contributed by atoms with van der Waals surface area (Å²) >= 11 is 0. The lowest BCUT2D eigenvalue weighted by atomic mass is 9.94. The van der Waals surface area contributed by atoms with Crippen LogP contribution >= 0.6 is 0 Å². The summed E-state index contributed by atoms with van der Waals surface area (Å²) in [7, 11) is 0. The van der Waals surface area contributed by atoms with Gasteiger partial charge in [0.1, 0.15) is 0 Å². The maximum atomic E-state index is 11.5. The zero-order chi connectivity index (χ0) is 14.3. The van der Waals surface area contributed by atoms with Gasteiger partial charge in [-0.2, -0.15) is 0 Å². The molecule has 2 unspecified atom stereocenters. The van der Waals surface area contributed by atoms with Crippen molar-refractivity contribution in [1.82, 2.24) is 10.2 Å². The van der Waals surface area contributed by atoms with Crippen LogP contribution in [0.5, 0.6) is 0 Å². The Bertz CT molecular complexity index is 286. The first-order valence-electron chi connectivity index (χ1n) is 7.37. The van der Waals surface area contributed by atoms with Crippen molar-refractivity contribution in [3.8, 4) is 0 Å². The summed E-state index contributed by atoms with van der Waals surface area (Å²) in [6.45, 7) is 10.7. The second-order valence-electron chi connectivity index (χ2n) is 5.67. The molecule has 1 rings (SSSR count). The molecule has 1 fully saturated rings. The summed E-state index contributed by atoms with van der Waals surface area (Å²) in [4.78, 5) is 13.9. The Morgan fingerprint density at radius 3 is 2.95 bits per heavy atom. The van der Waals surface area contributed by atoms with Crippen molar-refractivity contribution >= 4 is 5.91 Å². The van der Waals surface area contributed by atoms with E-state index in [1.54, 1.807) is 0 Å². The molecule has 0 spiro atoms. The highest BCUT2D eigenvalue weighted by Crippen LogP contribution is 2.14. The summed E-state index contributed by atoms with van der Waals surface area (Å²) in [5, 5.41) is 3.20. The zero-order valence-electron chi connectivity index (χ0n) is 12.6. The third-order valence-electron chi connectivity index (χ3n) is 3.80. The number of likely N-dealkylation sites (N-methyl/N-ethyl adjacent to an activating group) is 1. The van der Waals surface area contributed by atoms with Crippen LogP contribution in [0.1, 0.15) is 40.0 Å². The quantitative estimate of drug-likeness (QED) is 0.716. The molecule has 1 heterocycles. The average Bonchev–Trinajstić information content (AvgIpc) is 2.54. The maximum absolute atomic E-state index is 11.5. The van der Waals surface area contributed by atoms with Crippen molar-refractivity contribution in [1.29, 1.82) is 0 Å². The maximum Gasteiger partial charge on any atom is 0.237 e. The van der Waals surface area contributed by atoms with Crippen LogP contribution in [0.15, 0.2) is 0 Å².